The first kappa shape index (κ1) is 31.9. The highest BCUT2D eigenvalue weighted by Crippen LogP contribution is 2.65. The van der Waals surface area contributed by atoms with Crippen molar-refractivity contribution >= 4 is 92.8 Å². The van der Waals surface area contributed by atoms with E-state index < -0.39 is 79.8 Å². The minimum absolute atomic E-state index is 0.0787. The van der Waals surface area contributed by atoms with Crippen molar-refractivity contribution in [3.8, 4) is 0 Å². The zero-order valence-corrected chi connectivity index (χ0v) is 24.5. The van der Waals surface area contributed by atoms with Gasteiger partial charge in [0.15, 0.2) is 17.5 Å². The van der Waals surface area contributed by atoms with E-state index in [1.165, 1.54) is 18.2 Å². The van der Waals surface area contributed by atoms with Crippen molar-refractivity contribution in [2.24, 2.45) is 5.92 Å². The number of anilines is 3. The largest absolute Gasteiger partial charge is 0.326 e. The van der Waals surface area contributed by atoms with E-state index in [1.54, 1.807) is 0 Å². The van der Waals surface area contributed by atoms with E-state index in [9.17, 15) is 31.9 Å². The third-order valence-electron chi connectivity index (χ3n) is 6.18. The standard InChI is InChI=1S/C27H16Cl5F4N3O3/c1-2-3-18(40)38-17-5-4-15(33)24(23(17)36)39-25(41)12-8-11(9-16(34)22(12)35)37-26(42)20-19(27(20,31)32)10-6-13(28)21(30)14(29)7-10/h2,4-9,19-20H,1,3H2,(H,37,42)(H,38,40)(H,39,41)/t19-,20?/m0/s1. The maximum atomic E-state index is 14.9. The molecule has 1 saturated carbocycles. The van der Waals surface area contributed by atoms with Crippen molar-refractivity contribution in [3.63, 3.8) is 0 Å². The van der Waals surface area contributed by atoms with Gasteiger partial charge in [0.25, 0.3) is 5.91 Å². The van der Waals surface area contributed by atoms with E-state index in [-0.39, 0.29) is 21.5 Å². The van der Waals surface area contributed by atoms with Crippen LogP contribution in [0.1, 0.15) is 28.3 Å². The predicted molar refractivity (Wildman–Crippen MR) is 155 cm³/mol. The molecule has 0 saturated heterocycles. The Morgan fingerprint density at radius 3 is 2.14 bits per heavy atom. The van der Waals surface area contributed by atoms with Gasteiger partial charge in [-0.3, -0.25) is 14.4 Å². The highest BCUT2D eigenvalue weighted by Gasteiger charge is 2.67. The lowest BCUT2D eigenvalue weighted by Crippen LogP contribution is -2.20. The Morgan fingerprint density at radius 1 is 0.881 bits per heavy atom. The molecule has 42 heavy (non-hydrogen) atoms. The Bertz CT molecular complexity index is 1630. The number of alkyl halides is 2. The average molecular weight is 684 g/mol. The number of halogens is 9. The summed E-state index contributed by atoms with van der Waals surface area (Å²) in [6.45, 7) is 3.37. The Labute approximate surface area is 260 Å². The quantitative estimate of drug-likeness (QED) is 0.0964. The predicted octanol–water partition coefficient (Wildman–Crippen LogP) is 8.50. The molecule has 1 fully saturated rings. The first-order valence-corrected chi connectivity index (χ1v) is 13.6. The molecule has 220 valence electrons. The zero-order valence-electron chi connectivity index (χ0n) is 20.7. The highest BCUT2D eigenvalue weighted by molar-refractivity contribution is 6.54. The van der Waals surface area contributed by atoms with E-state index in [4.69, 9.17) is 58.0 Å². The summed E-state index contributed by atoms with van der Waals surface area (Å²) in [4.78, 5) is 37.6. The third-order valence-corrected chi connectivity index (χ3v) is 8.31. The summed E-state index contributed by atoms with van der Waals surface area (Å²) >= 11 is 30.7. The van der Waals surface area contributed by atoms with Crippen LogP contribution in [0.4, 0.5) is 34.6 Å². The molecule has 6 nitrogen and oxygen atoms in total. The van der Waals surface area contributed by atoms with Crippen LogP contribution in [-0.2, 0) is 9.59 Å². The molecule has 2 atom stereocenters. The molecule has 1 unspecified atom stereocenters. The number of hydrogen-bond acceptors (Lipinski definition) is 3. The lowest BCUT2D eigenvalue weighted by molar-refractivity contribution is -0.117. The van der Waals surface area contributed by atoms with Gasteiger partial charge in [0.2, 0.25) is 11.8 Å². The summed E-state index contributed by atoms with van der Waals surface area (Å²) in [5.41, 5.74) is -2.54. The van der Waals surface area contributed by atoms with Gasteiger partial charge in [-0.2, -0.15) is 0 Å². The fourth-order valence-corrected chi connectivity index (χ4v) is 5.59. The lowest BCUT2D eigenvalue weighted by atomic mass is 10.1. The third kappa shape index (κ3) is 6.33. The summed E-state index contributed by atoms with van der Waals surface area (Å²) in [5, 5.41) is 6.54. The van der Waals surface area contributed by atoms with Gasteiger partial charge >= 0.3 is 0 Å². The summed E-state index contributed by atoms with van der Waals surface area (Å²) < 4.78 is 56.7. The van der Waals surface area contributed by atoms with Gasteiger partial charge in [0, 0.05) is 24.1 Å². The number of hydrogen-bond donors (Lipinski definition) is 3. The Morgan fingerprint density at radius 2 is 1.52 bits per heavy atom. The second-order valence-electron chi connectivity index (χ2n) is 9.02. The zero-order chi connectivity index (χ0) is 31.1. The Kier molecular flexibility index (Phi) is 9.34. The van der Waals surface area contributed by atoms with Crippen LogP contribution >= 0.6 is 58.0 Å². The number of rotatable bonds is 8. The SMILES string of the molecule is C=CCC(=O)Nc1ccc(F)c(NC(=O)c2cc(NC(=O)C3[C@H](c4cc(Cl)c(Cl)c(Cl)c4)C3(Cl)Cl)cc(F)c2F)c1F. The molecule has 0 aromatic heterocycles. The van der Waals surface area contributed by atoms with Crippen molar-refractivity contribution in [1.82, 2.24) is 0 Å². The summed E-state index contributed by atoms with van der Waals surface area (Å²) in [7, 11) is 0. The van der Waals surface area contributed by atoms with E-state index in [0.717, 1.165) is 18.2 Å². The number of amides is 3. The fourth-order valence-electron chi connectivity index (χ4n) is 4.15. The first-order chi connectivity index (χ1) is 19.7. The summed E-state index contributed by atoms with van der Waals surface area (Å²) in [6, 6.07) is 5.82. The van der Waals surface area contributed by atoms with Crippen molar-refractivity contribution in [2.45, 2.75) is 16.7 Å². The monoisotopic (exact) mass is 681 g/mol. The molecule has 3 N–H and O–H groups in total. The van der Waals surface area contributed by atoms with Crippen LogP contribution in [0.25, 0.3) is 0 Å². The topological polar surface area (TPSA) is 87.3 Å². The van der Waals surface area contributed by atoms with E-state index in [0.29, 0.717) is 11.6 Å². The van der Waals surface area contributed by atoms with Crippen LogP contribution < -0.4 is 16.0 Å². The molecule has 0 spiro atoms. The second kappa shape index (κ2) is 12.3. The molecular weight excluding hydrogens is 668 g/mol. The molecule has 1 aliphatic carbocycles. The van der Waals surface area contributed by atoms with Crippen molar-refractivity contribution in [1.29, 1.82) is 0 Å². The number of nitrogens with one attached hydrogen (secondary N) is 3. The molecule has 1 aliphatic rings. The van der Waals surface area contributed by atoms with Crippen molar-refractivity contribution < 1.29 is 31.9 Å². The van der Waals surface area contributed by atoms with Crippen LogP contribution in [0.2, 0.25) is 15.1 Å². The Balaban J connectivity index is 1.57. The molecule has 3 amide bonds. The maximum absolute atomic E-state index is 14.9. The van der Waals surface area contributed by atoms with Crippen LogP contribution in [0.5, 0.6) is 0 Å². The molecule has 15 heteroatoms. The molecular formula is C27H16Cl5F4N3O3. The fraction of sp³-hybridized carbons (Fsp3) is 0.148. The molecule has 4 rings (SSSR count). The molecule has 3 aromatic rings. The molecule has 0 aliphatic heterocycles. The van der Waals surface area contributed by atoms with Crippen molar-refractivity contribution in [2.75, 3.05) is 16.0 Å². The van der Waals surface area contributed by atoms with Gasteiger partial charge in [0.05, 0.1) is 32.2 Å². The lowest BCUT2D eigenvalue weighted by Gasteiger charge is -2.13. The average Bonchev–Trinajstić information content (AvgIpc) is 3.50. The minimum Gasteiger partial charge on any atom is -0.326 e. The van der Waals surface area contributed by atoms with E-state index in [1.807, 2.05) is 5.32 Å². The number of benzene rings is 3. The van der Waals surface area contributed by atoms with Gasteiger partial charge in [-0.15, -0.1) is 29.8 Å². The summed E-state index contributed by atoms with van der Waals surface area (Å²) in [6.07, 6.45) is 1.06. The Hall–Kier alpha value is -3.02. The van der Waals surface area contributed by atoms with Gasteiger partial charge < -0.3 is 16.0 Å². The molecule has 0 bridgehead atoms. The molecule has 0 radical (unpaired) electrons. The van der Waals surface area contributed by atoms with Gasteiger partial charge in [-0.1, -0.05) is 40.9 Å². The second-order valence-corrected chi connectivity index (χ2v) is 11.7. The number of carbonyl (C=O) groups excluding carboxylic acids is 3. The van der Waals surface area contributed by atoms with Crippen LogP contribution in [0, 0.1) is 29.2 Å². The first-order valence-electron chi connectivity index (χ1n) is 11.7. The number of carbonyl (C=O) groups is 3. The smallest absolute Gasteiger partial charge is 0.258 e. The minimum atomic E-state index is -1.67. The van der Waals surface area contributed by atoms with E-state index >= 15 is 0 Å². The maximum Gasteiger partial charge on any atom is 0.258 e. The van der Waals surface area contributed by atoms with Crippen LogP contribution in [-0.4, -0.2) is 22.1 Å². The summed E-state index contributed by atoms with van der Waals surface area (Å²) in [5.74, 6) is -10.8. The molecule has 0 heterocycles. The van der Waals surface area contributed by atoms with Gasteiger partial charge in [-0.25, -0.2) is 17.6 Å². The van der Waals surface area contributed by atoms with E-state index in [2.05, 4.69) is 17.2 Å². The highest BCUT2D eigenvalue weighted by atomic mass is 35.5. The van der Waals surface area contributed by atoms with Crippen molar-refractivity contribution in [3.05, 3.63) is 98.5 Å². The van der Waals surface area contributed by atoms with Gasteiger partial charge in [-0.05, 0) is 35.9 Å². The normalized spacial score (nSPS) is 16.9. The van der Waals surface area contributed by atoms with Crippen LogP contribution in [0.3, 0.4) is 0 Å². The van der Waals surface area contributed by atoms with Gasteiger partial charge in [0.1, 0.15) is 15.8 Å². The van der Waals surface area contributed by atoms with Crippen LogP contribution in [0.15, 0.2) is 49.1 Å². The molecule has 3 aromatic carbocycles.